The molecule has 112 valence electrons. The van der Waals surface area contributed by atoms with Crippen molar-refractivity contribution in [2.45, 2.75) is 6.04 Å². The number of nitrogens with zero attached hydrogens (tertiary/aromatic N) is 1. The summed E-state index contributed by atoms with van der Waals surface area (Å²) in [5.74, 6) is -1.09. The van der Waals surface area contributed by atoms with E-state index < -0.39 is 11.9 Å². The molecule has 2 aromatic rings. The van der Waals surface area contributed by atoms with E-state index in [0.717, 1.165) is 0 Å². The summed E-state index contributed by atoms with van der Waals surface area (Å²) in [5, 5.41) is 2.70. The van der Waals surface area contributed by atoms with Crippen LogP contribution in [0.2, 0.25) is 0 Å². The number of carbonyl (C=O) groups excluding carboxylic acids is 2. The fourth-order valence-electron chi connectivity index (χ4n) is 2.36. The number of nitrogens with one attached hydrogen (secondary N) is 1. The lowest BCUT2D eigenvalue weighted by Gasteiger charge is -2.23. The van der Waals surface area contributed by atoms with Crippen molar-refractivity contribution < 1.29 is 14.0 Å². The molecule has 1 unspecified atom stereocenters. The number of hydrogen-bond acceptors (Lipinski definition) is 3. The van der Waals surface area contributed by atoms with E-state index in [1.165, 1.54) is 29.2 Å². The highest BCUT2D eigenvalue weighted by Crippen LogP contribution is 2.29. The molecule has 0 saturated heterocycles. The minimum atomic E-state index is -0.836. The third-order valence-corrected chi connectivity index (χ3v) is 3.51. The van der Waals surface area contributed by atoms with E-state index in [1.807, 2.05) is 0 Å². The van der Waals surface area contributed by atoms with Crippen LogP contribution in [-0.2, 0) is 4.79 Å². The van der Waals surface area contributed by atoms with Crippen LogP contribution in [-0.4, -0.2) is 24.4 Å². The average Bonchev–Trinajstić information content (AvgIpc) is 2.65. The van der Waals surface area contributed by atoms with E-state index >= 15 is 0 Å². The molecule has 0 aliphatic carbocycles. The predicted molar refractivity (Wildman–Crippen MR) is 81.1 cm³/mol. The van der Waals surface area contributed by atoms with E-state index in [0.29, 0.717) is 16.9 Å². The van der Waals surface area contributed by atoms with Gasteiger partial charge < -0.3 is 16.0 Å². The Labute approximate surface area is 126 Å². The molecule has 3 N–H and O–H groups in total. The Bertz CT molecular complexity index is 730. The van der Waals surface area contributed by atoms with Crippen molar-refractivity contribution in [2.24, 2.45) is 5.73 Å². The summed E-state index contributed by atoms with van der Waals surface area (Å²) in [7, 11) is 0. The van der Waals surface area contributed by atoms with Crippen molar-refractivity contribution in [1.82, 2.24) is 0 Å². The number of nitrogens with two attached hydrogens (primary N) is 1. The lowest BCUT2D eigenvalue weighted by molar-refractivity contribution is -0.117. The fourth-order valence-corrected chi connectivity index (χ4v) is 2.36. The second-order valence-electron chi connectivity index (χ2n) is 5.04. The first-order chi connectivity index (χ1) is 10.6. The van der Waals surface area contributed by atoms with Gasteiger partial charge in [-0.05, 0) is 36.4 Å². The van der Waals surface area contributed by atoms with Gasteiger partial charge in [0.1, 0.15) is 11.9 Å². The number of halogens is 1. The van der Waals surface area contributed by atoms with Gasteiger partial charge in [0, 0.05) is 5.56 Å². The molecule has 3 rings (SSSR count). The Morgan fingerprint density at radius 3 is 2.59 bits per heavy atom. The molecule has 1 aliphatic rings. The summed E-state index contributed by atoms with van der Waals surface area (Å²) in [6, 6.07) is 11.4. The standard InChI is InChI=1S/C16H14FN3O2/c17-11-7-5-10(6-8-11)16(22)20-9-12(18)15(21)19-13-3-1-2-4-14(13)20/h1-8,12H,9,18H2,(H,19,21). The van der Waals surface area contributed by atoms with Gasteiger partial charge in [-0.25, -0.2) is 4.39 Å². The second-order valence-corrected chi connectivity index (χ2v) is 5.04. The number of amides is 2. The van der Waals surface area contributed by atoms with Crippen molar-refractivity contribution in [3.63, 3.8) is 0 Å². The first-order valence-electron chi connectivity index (χ1n) is 6.79. The molecule has 0 saturated carbocycles. The average molecular weight is 299 g/mol. The summed E-state index contributed by atoms with van der Waals surface area (Å²) in [6.45, 7) is 0.0546. The topological polar surface area (TPSA) is 75.4 Å². The summed E-state index contributed by atoms with van der Waals surface area (Å²) in [4.78, 5) is 26.0. The van der Waals surface area contributed by atoms with E-state index in [1.54, 1.807) is 24.3 Å². The lowest BCUT2D eigenvalue weighted by Crippen LogP contribution is -2.45. The number of rotatable bonds is 1. The summed E-state index contributed by atoms with van der Waals surface area (Å²) in [6.07, 6.45) is 0. The van der Waals surface area contributed by atoms with Crippen molar-refractivity contribution >= 4 is 23.2 Å². The molecule has 22 heavy (non-hydrogen) atoms. The Kier molecular flexibility index (Phi) is 3.60. The normalized spacial score (nSPS) is 17.5. The van der Waals surface area contributed by atoms with Gasteiger partial charge in [0.2, 0.25) is 5.91 Å². The van der Waals surface area contributed by atoms with Crippen LogP contribution in [0, 0.1) is 5.82 Å². The van der Waals surface area contributed by atoms with Crippen molar-refractivity contribution in [1.29, 1.82) is 0 Å². The van der Waals surface area contributed by atoms with Crippen LogP contribution in [0.25, 0.3) is 0 Å². The van der Waals surface area contributed by atoms with Crippen LogP contribution >= 0.6 is 0 Å². The molecule has 0 aromatic heterocycles. The fraction of sp³-hybridized carbons (Fsp3) is 0.125. The maximum atomic E-state index is 13.0. The van der Waals surface area contributed by atoms with Crippen LogP contribution in [0.15, 0.2) is 48.5 Å². The third kappa shape index (κ3) is 2.56. The van der Waals surface area contributed by atoms with Gasteiger partial charge in [0.05, 0.1) is 17.9 Å². The van der Waals surface area contributed by atoms with Gasteiger partial charge in [0.15, 0.2) is 0 Å². The van der Waals surface area contributed by atoms with Gasteiger partial charge in [-0.1, -0.05) is 12.1 Å². The Balaban J connectivity index is 2.02. The van der Waals surface area contributed by atoms with Crippen LogP contribution in [0.5, 0.6) is 0 Å². The Morgan fingerprint density at radius 1 is 1.18 bits per heavy atom. The molecular weight excluding hydrogens is 285 g/mol. The van der Waals surface area contributed by atoms with E-state index in [4.69, 9.17) is 5.73 Å². The molecule has 1 aliphatic heterocycles. The molecule has 5 nitrogen and oxygen atoms in total. The molecule has 1 heterocycles. The number of para-hydroxylation sites is 2. The molecule has 0 radical (unpaired) electrons. The van der Waals surface area contributed by atoms with Gasteiger partial charge in [-0.2, -0.15) is 0 Å². The summed E-state index contributed by atoms with van der Waals surface area (Å²) in [5.41, 5.74) is 7.25. The molecule has 1 atom stereocenters. The second kappa shape index (κ2) is 5.57. The third-order valence-electron chi connectivity index (χ3n) is 3.51. The van der Waals surface area contributed by atoms with Crippen molar-refractivity contribution in [3.8, 4) is 0 Å². The monoisotopic (exact) mass is 299 g/mol. The molecule has 0 fully saturated rings. The smallest absolute Gasteiger partial charge is 0.258 e. The number of carbonyl (C=O) groups is 2. The maximum Gasteiger partial charge on any atom is 0.258 e. The SMILES string of the molecule is NC1CN(C(=O)c2ccc(F)cc2)c2ccccc2NC1=O. The lowest BCUT2D eigenvalue weighted by atomic mass is 10.1. The predicted octanol–water partition coefficient (Wildman–Crippen LogP) is 1.75. The van der Waals surface area contributed by atoms with Crippen molar-refractivity contribution in [2.75, 3.05) is 16.8 Å². The number of anilines is 2. The minimum absolute atomic E-state index is 0.0546. The quantitative estimate of drug-likeness (QED) is 0.842. The highest BCUT2D eigenvalue weighted by molar-refractivity contribution is 6.11. The van der Waals surface area contributed by atoms with Crippen LogP contribution < -0.4 is 16.0 Å². The highest BCUT2D eigenvalue weighted by atomic mass is 19.1. The number of fused-ring (bicyclic) bond motifs is 1. The molecule has 0 bridgehead atoms. The van der Waals surface area contributed by atoms with E-state index in [9.17, 15) is 14.0 Å². The molecular formula is C16H14FN3O2. The van der Waals surface area contributed by atoms with Gasteiger partial charge in [-0.15, -0.1) is 0 Å². The van der Waals surface area contributed by atoms with Gasteiger partial charge in [-0.3, -0.25) is 9.59 Å². The van der Waals surface area contributed by atoms with Gasteiger partial charge in [0.25, 0.3) is 5.91 Å². The summed E-state index contributed by atoms with van der Waals surface area (Å²) >= 11 is 0. The van der Waals surface area contributed by atoms with Gasteiger partial charge >= 0.3 is 0 Å². The maximum absolute atomic E-state index is 13.0. The zero-order valence-electron chi connectivity index (χ0n) is 11.6. The Hall–Kier alpha value is -2.73. The van der Waals surface area contributed by atoms with Crippen LogP contribution in [0.1, 0.15) is 10.4 Å². The number of hydrogen-bond donors (Lipinski definition) is 2. The molecule has 2 aromatic carbocycles. The molecule has 6 heteroatoms. The van der Waals surface area contributed by atoms with Crippen LogP contribution in [0.4, 0.5) is 15.8 Å². The number of benzene rings is 2. The first-order valence-corrected chi connectivity index (χ1v) is 6.79. The molecule has 2 amide bonds. The Morgan fingerprint density at radius 2 is 1.86 bits per heavy atom. The minimum Gasteiger partial charge on any atom is -0.323 e. The molecule has 0 spiro atoms. The highest BCUT2D eigenvalue weighted by Gasteiger charge is 2.29. The van der Waals surface area contributed by atoms with Crippen LogP contribution in [0.3, 0.4) is 0 Å². The van der Waals surface area contributed by atoms with Crippen molar-refractivity contribution in [3.05, 3.63) is 59.9 Å². The largest absolute Gasteiger partial charge is 0.323 e. The zero-order valence-corrected chi connectivity index (χ0v) is 11.6. The summed E-state index contributed by atoms with van der Waals surface area (Å²) < 4.78 is 13.0. The zero-order chi connectivity index (χ0) is 15.7. The van der Waals surface area contributed by atoms with E-state index in [-0.39, 0.29) is 18.4 Å². The first kappa shape index (κ1) is 14.2. The van der Waals surface area contributed by atoms with E-state index in [2.05, 4.69) is 5.32 Å².